The predicted molar refractivity (Wildman–Crippen MR) is 69.2 cm³/mol. The van der Waals surface area contributed by atoms with Crippen LogP contribution in [0.4, 0.5) is 0 Å². The third-order valence-corrected chi connectivity index (χ3v) is 4.56. The summed E-state index contributed by atoms with van der Waals surface area (Å²) in [5.41, 5.74) is 0. The minimum atomic E-state index is 0.542. The summed E-state index contributed by atoms with van der Waals surface area (Å²) in [4.78, 5) is 2.71. The Morgan fingerprint density at radius 1 is 1.29 bits per heavy atom. The van der Waals surface area contributed by atoms with E-state index in [9.17, 15) is 0 Å². The number of likely N-dealkylation sites (tertiary alicyclic amines) is 1. The summed E-state index contributed by atoms with van der Waals surface area (Å²) >= 11 is 0. The molecule has 0 radical (unpaired) electrons. The Bertz CT molecular complexity index is 249. The molecule has 1 saturated carbocycles. The van der Waals surface area contributed by atoms with Crippen molar-refractivity contribution in [1.29, 1.82) is 0 Å². The number of nitrogens with one attached hydrogen (secondary N) is 1. The fourth-order valence-corrected chi connectivity index (χ4v) is 3.44. The monoisotopic (exact) mass is 238 g/mol. The molecule has 0 aromatic heterocycles. The van der Waals surface area contributed by atoms with Crippen molar-refractivity contribution in [3.63, 3.8) is 0 Å². The molecule has 2 heterocycles. The van der Waals surface area contributed by atoms with E-state index >= 15 is 0 Å². The summed E-state index contributed by atoms with van der Waals surface area (Å²) in [6.45, 7) is 5.79. The van der Waals surface area contributed by atoms with E-state index in [1.807, 2.05) is 0 Å². The van der Waals surface area contributed by atoms with E-state index in [4.69, 9.17) is 4.74 Å². The van der Waals surface area contributed by atoms with Crippen LogP contribution in [-0.2, 0) is 4.74 Å². The maximum Gasteiger partial charge on any atom is 0.0588 e. The van der Waals surface area contributed by atoms with Gasteiger partial charge in [0.2, 0.25) is 0 Å². The van der Waals surface area contributed by atoms with E-state index in [1.165, 1.54) is 45.1 Å². The standard InChI is InChI=1S/C14H26N2O/c1-11-9-12(10-16(11)13-4-5-13)15-7-6-14-3-2-8-17-14/h11-15H,2-10H2,1H3. The number of ether oxygens (including phenoxy) is 1. The summed E-state index contributed by atoms with van der Waals surface area (Å²) in [7, 11) is 0. The molecule has 0 bridgehead atoms. The van der Waals surface area contributed by atoms with Crippen LogP contribution < -0.4 is 5.32 Å². The lowest BCUT2D eigenvalue weighted by Gasteiger charge is -2.20. The van der Waals surface area contributed by atoms with Crippen LogP contribution in [0.25, 0.3) is 0 Å². The van der Waals surface area contributed by atoms with Gasteiger partial charge in [0.1, 0.15) is 0 Å². The van der Waals surface area contributed by atoms with E-state index in [1.54, 1.807) is 0 Å². The normalized spacial score (nSPS) is 39.0. The van der Waals surface area contributed by atoms with Crippen molar-refractivity contribution >= 4 is 0 Å². The minimum Gasteiger partial charge on any atom is -0.378 e. The molecule has 98 valence electrons. The first kappa shape index (κ1) is 11.9. The van der Waals surface area contributed by atoms with Crippen molar-refractivity contribution in [2.24, 2.45) is 0 Å². The SMILES string of the molecule is CC1CC(NCCC2CCCO2)CN1C1CC1. The number of rotatable bonds is 5. The maximum absolute atomic E-state index is 5.66. The van der Waals surface area contributed by atoms with Crippen LogP contribution in [0.1, 0.15) is 45.4 Å². The van der Waals surface area contributed by atoms with Gasteiger partial charge in [-0.05, 0) is 52.0 Å². The Labute approximate surface area is 105 Å². The van der Waals surface area contributed by atoms with Crippen LogP contribution in [0.3, 0.4) is 0 Å². The summed E-state index contributed by atoms with van der Waals surface area (Å²) in [5.74, 6) is 0. The second-order valence-corrected chi connectivity index (χ2v) is 6.09. The van der Waals surface area contributed by atoms with Gasteiger partial charge < -0.3 is 10.1 Å². The van der Waals surface area contributed by atoms with Gasteiger partial charge in [-0.2, -0.15) is 0 Å². The fraction of sp³-hybridized carbons (Fsp3) is 1.00. The smallest absolute Gasteiger partial charge is 0.0588 e. The van der Waals surface area contributed by atoms with E-state index in [2.05, 4.69) is 17.1 Å². The molecular formula is C14H26N2O. The van der Waals surface area contributed by atoms with Crippen molar-refractivity contribution in [2.45, 2.75) is 69.7 Å². The predicted octanol–water partition coefficient (Wildman–Crippen LogP) is 1.77. The van der Waals surface area contributed by atoms with Crippen LogP contribution in [0.15, 0.2) is 0 Å². The van der Waals surface area contributed by atoms with Crippen LogP contribution in [0, 0.1) is 0 Å². The molecule has 17 heavy (non-hydrogen) atoms. The Kier molecular flexibility index (Phi) is 3.69. The largest absolute Gasteiger partial charge is 0.378 e. The number of hydrogen-bond acceptors (Lipinski definition) is 3. The van der Waals surface area contributed by atoms with Gasteiger partial charge >= 0.3 is 0 Å². The van der Waals surface area contributed by atoms with Gasteiger partial charge in [-0.15, -0.1) is 0 Å². The van der Waals surface area contributed by atoms with Crippen LogP contribution >= 0.6 is 0 Å². The molecule has 3 atom stereocenters. The molecule has 1 N–H and O–H groups in total. The first-order chi connectivity index (χ1) is 8.33. The van der Waals surface area contributed by atoms with Crippen LogP contribution in [0.2, 0.25) is 0 Å². The molecule has 0 spiro atoms. The average molecular weight is 238 g/mol. The molecule has 0 aromatic carbocycles. The average Bonchev–Trinajstić information content (AvgIpc) is 2.89. The Hall–Kier alpha value is -0.120. The van der Waals surface area contributed by atoms with Gasteiger partial charge in [0.15, 0.2) is 0 Å². The van der Waals surface area contributed by atoms with Gasteiger partial charge in [0, 0.05) is 31.3 Å². The summed E-state index contributed by atoms with van der Waals surface area (Å²) < 4.78 is 5.66. The number of hydrogen-bond donors (Lipinski definition) is 1. The molecule has 3 aliphatic rings. The molecule has 3 nitrogen and oxygen atoms in total. The van der Waals surface area contributed by atoms with Crippen molar-refractivity contribution < 1.29 is 4.74 Å². The van der Waals surface area contributed by atoms with E-state index in [-0.39, 0.29) is 0 Å². The third-order valence-electron chi connectivity index (χ3n) is 4.56. The fourth-order valence-electron chi connectivity index (χ4n) is 3.44. The Balaban J connectivity index is 1.35. The van der Waals surface area contributed by atoms with E-state index in [0.29, 0.717) is 6.10 Å². The van der Waals surface area contributed by atoms with E-state index < -0.39 is 0 Å². The van der Waals surface area contributed by atoms with Gasteiger partial charge in [0.05, 0.1) is 6.10 Å². The zero-order valence-corrected chi connectivity index (χ0v) is 11.0. The summed E-state index contributed by atoms with van der Waals surface area (Å²) in [6.07, 6.45) is 8.49. The summed E-state index contributed by atoms with van der Waals surface area (Å²) in [6, 6.07) is 2.45. The molecule has 3 fully saturated rings. The highest BCUT2D eigenvalue weighted by Gasteiger charge is 2.38. The van der Waals surface area contributed by atoms with Gasteiger partial charge in [0.25, 0.3) is 0 Å². The molecule has 2 aliphatic heterocycles. The molecule has 3 unspecified atom stereocenters. The molecule has 3 rings (SSSR count). The lowest BCUT2D eigenvalue weighted by atomic mass is 10.1. The zero-order valence-electron chi connectivity index (χ0n) is 11.0. The first-order valence-electron chi connectivity index (χ1n) is 7.43. The van der Waals surface area contributed by atoms with Crippen molar-refractivity contribution in [3.05, 3.63) is 0 Å². The maximum atomic E-state index is 5.66. The third kappa shape index (κ3) is 3.01. The van der Waals surface area contributed by atoms with Crippen molar-refractivity contribution in [3.8, 4) is 0 Å². The van der Waals surface area contributed by atoms with E-state index in [0.717, 1.165) is 31.3 Å². The van der Waals surface area contributed by atoms with Crippen molar-refractivity contribution in [1.82, 2.24) is 10.2 Å². The second kappa shape index (κ2) is 5.25. The van der Waals surface area contributed by atoms with Crippen LogP contribution in [-0.4, -0.2) is 48.8 Å². The topological polar surface area (TPSA) is 24.5 Å². The molecule has 1 aliphatic carbocycles. The molecule has 2 saturated heterocycles. The highest BCUT2D eigenvalue weighted by molar-refractivity contribution is 4.95. The van der Waals surface area contributed by atoms with Gasteiger partial charge in [-0.3, -0.25) is 4.90 Å². The summed E-state index contributed by atoms with van der Waals surface area (Å²) in [5, 5.41) is 3.73. The minimum absolute atomic E-state index is 0.542. The Morgan fingerprint density at radius 3 is 2.88 bits per heavy atom. The molecular weight excluding hydrogens is 212 g/mol. The zero-order chi connectivity index (χ0) is 11.7. The lowest BCUT2D eigenvalue weighted by molar-refractivity contribution is 0.103. The Morgan fingerprint density at radius 2 is 2.18 bits per heavy atom. The van der Waals surface area contributed by atoms with Crippen molar-refractivity contribution in [2.75, 3.05) is 19.7 Å². The highest BCUT2D eigenvalue weighted by Crippen LogP contribution is 2.33. The van der Waals surface area contributed by atoms with Gasteiger partial charge in [-0.1, -0.05) is 0 Å². The molecule has 0 amide bonds. The molecule has 0 aromatic rings. The molecule has 3 heteroatoms. The van der Waals surface area contributed by atoms with Crippen LogP contribution in [0.5, 0.6) is 0 Å². The second-order valence-electron chi connectivity index (χ2n) is 6.09. The lowest BCUT2D eigenvalue weighted by Crippen LogP contribution is -2.35. The number of nitrogens with zero attached hydrogens (tertiary/aromatic N) is 1. The highest BCUT2D eigenvalue weighted by atomic mass is 16.5. The quantitative estimate of drug-likeness (QED) is 0.790. The first-order valence-corrected chi connectivity index (χ1v) is 7.43. The van der Waals surface area contributed by atoms with Gasteiger partial charge in [-0.25, -0.2) is 0 Å².